The number of amides is 1. The maximum Gasteiger partial charge on any atom is 0.273 e. The molecule has 0 saturated carbocycles. The largest absolute Gasteiger partial charge is 0.396 e. The lowest BCUT2D eigenvalue weighted by atomic mass is 9.96. The number of aliphatic hydroxyl groups excluding tert-OH is 1. The molecule has 0 unspecified atom stereocenters. The highest BCUT2D eigenvalue weighted by Crippen LogP contribution is 2.24. The summed E-state index contributed by atoms with van der Waals surface area (Å²) in [6.07, 6.45) is 4.48. The number of aromatic nitrogens is 1. The van der Waals surface area contributed by atoms with Crippen molar-refractivity contribution >= 4 is 5.91 Å². The van der Waals surface area contributed by atoms with Gasteiger partial charge in [0.1, 0.15) is 5.76 Å². The summed E-state index contributed by atoms with van der Waals surface area (Å²) in [6.45, 7) is 1.93. The third-order valence-electron chi connectivity index (χ3n) is 3.10. The van der Waals surface area contributed by atoms with Crippen LogP contribution in [0.4, 0.5) is 0 Å². The SMILES string of the molecule is C[C@H](CCO)NC(=O)c1noc2c1CCCC2. The van der Waals surface area contributed by atoms with Crippen molar-refractivity contribution in [2.75, 3.05) is 6.61 Å². The van der Waals surface area contributed by atoms with Gasteiger partial charge in [0.25, 0.3) is 5.91 Å². The van der Waals surface area contributed by atoms with E-state index in [0.717, 1.165) is 37.0 Å². The van der Waals surface area contributed by atoms with E-state index in [9.17, 15) is 4.79 Å². The fourth-order valence-electron chi connectivity index (χ4n) is 2.12. The molecule has 94 valence electrons. The molecule has 0 bridgehead atoms. The molecule has 17 heavy (non-hydrogen) atoms. The maximum atomic E-state index is 11.9. The summed E-state index contributed by atoms with van der Waals surface area (Å²) in [7, 11) is 0. The lowest BCUT2D eigenvalue weighted by Crippen LogP contribution is -2.34. The van der Waals surface area contributed by atoms with Gasteiger partial charge in [0, 0.05) is 24.6 Å². The average molecular weight is 238 g/mol. The molecule has 1 atom stereocenters. The molecule has 0 radical (unpaired) electrons. The predicted molar refractivity (Wildman–Crippen MR) is 61.8 cm³/mol. The molecule has 2 rings (SSSR count). The molecule has 2 N–H and O–H groups in total. The van der Waals surface area contributed by atoms with Gasteiger partial charge < -0.3 is 14.9 Å². The highest BCUT2D eigenvalue weighted by molar-refractivity contribution is 5.94. The van der Waals surface area contributed by atoms with E-state index in [0.29, 0.717) is 12.1 Å². The predicted octanol–water partition coefficient (Wildman–Crippen LogP) is 1.05. The number of aryl methyl sites for hydroxylation is 1. The third-order valence-corrected chi connectivity index (χ3v) is 3.10. The van der Waals surface area contributed by atoms with E-state index in [1.165, 1.54) is 0 Å². The summed E-state index contributed by atoms with van der Waals surface area (Å²) in [4.78, 5) is 11.9. The first-order valence-electron chi connectivity index (χ1n) is 6.11. The Labute approximate surface area is 100 Å². The van der Waals surface area contributed by atoms with Gasteiger partial charge in [-0.15, -0.1) is 0 Å². The molecule has 1 heterocycles. The maximum absolute atomic E-state index is 11.9. The van der Waals surface area contributed by atoms with Crippen LogP contribution < -0.4 is 5.32 Å². The van der Waals surface area contributed by atoms with Gasteiger partial charge >= 0.3 is 0 Å². The van der Waals surface area contributed by atoms with Crippen LogP contribution in [0, 0.1) is 0 Å². The minimum absolute atomic E-state index is 0.0524. The first kappa shape index (κ1) is 12.1. The number of hydrogen-bond donors (Lipinski definition) is 2. The number of aliphatic hydroxyl groups is 1. The molecule has 1 aliphatic rings. The lowest BCUT2D eigenvalue weighted by molar-refractivity contribution is 0.0924. The molecule has 0 aromatic carbocycles. The number of hydrogen-bond acceptors (Lipinski definition) is 4. The second-order valence-corrected chi connectivity index (χ2v) is 4.53. The number of carbonyl (C=O) groups excluding carboxylic acids is 1. The smallest absolute Gasteiger partial charge is 0.273 e. The van der Waals surface area contributed by atoms with Crippen LogP contribution in [0.15, 0.2) is 4.52 Å². The Bertz CT molecular complexity index is 400. The molecule has 1 aliphatic carbocycles. The van der Waals surface area contributed by atoms with Crippen molar-refractivity contribution in [3.8, 4) is 0 Å². The van der Waals surface area contributed by atoms with Gasteiger partial charge in [-0.25, -0.2) is 0 Å². The zero-order chi connectivity index (χ0) is 12.3. The van der Waals surface area contributed by atoms with E-state index in [4.69, 9.17) is 9.63 Å². The molecular weight excluding hydrogens is 220 g/mol. The molecule has 0 fully saturated rings. The van der Waals surface area contributed by atoms with E-state index in [2.05, 4.69) is 10.5 Å². The van der Waals surface area contributed by atoms with Crippen LogP contribution in [-0.2, 0) is 12.8 Å². The lowest BCUT2D eigenvalue weighted by Gasteiger charge is -2.12. The van der Waals surface area contributed by atoms with Gasteiger partial charge in [-0.2, -0.15) is 0 Å². The minimum atomic E-state index is -0.196. The Balaban J connectivity index is 2.06. The number of rotatable bonds is 4. The Morgan fingerprint density at radius 2 is 2.29 bits per heavy atom. The summed E-state index contributed by atoms with van der Waals surface area (Å²) in [5, 5.41) is 15.5. The fourth-order valence-corrected chi connectivity index (χ4v) is 2.12. The van der Waals surface area contributed by atoms with E-state index < -0.39 is 0 Å². The van der Waals surface area contributed by atoms with Crippen molar-refractivity contribution in [3.05, 3.63) is 17.0 Å². The second-order valence-electron chi connectivity index (χ2n) is 4.53. The molecule has 1 aromatic rings. The van der Waals surface area contributed by atoms with Crippen LogP contribution in [-0.4, -0.2) is 28.8 Å². The monoisotopic (exact) mass is 238 g/mol. The van der Waals surface area contributed by atoms with Crippen LogP contribution >= 0.6 is 0 Å². The number of fused-ring (bicyclic) bond motifs is 1. The van der Waals surface area contributed by atoms with Crippen LogP contribution in [0.25, 0.3) is 0 Å². The first-order chi connectivity index (χ1) is 8.22. The van der Waals surface area contributed by atoms with E-state index in [1.54, 1.807) is 0 Å². The zero-order valence-corrected chi connectivity index (χ0v) is 10.0. The standard InChI is InChI=1S/C12H18N2O3/c1-8(6-7-15)13-12(16)11-9-4-2-3-5-10(9)17-14-11/h8,15H,2-7H2,1H3,(H,13,16)/t8-/m1/s1. The molecular formula is C12H18N2O3. The summed E-state index contributed by atoms with van der Waals surface area (Å²) in [6, 6.07) is -0.0524. The summed E-state index contributed by atoms with van der Waals surface area (Å²) in [5.74, 6) is 0.661. The molecule has 0 spiro atoms. The van der Waals surface area contributed by atoms with Crippen molar-refractivity contribution in [3.63, 3.8) is 0 Å². The Morgan fingerprint density at radius 1 is 1.53 bits per heavy atom. The van der Waals surface area contributed by atoms with Crippen molar-refractivity contribution in [2.24, 2.45) is 0 Å². The van der Waals surface area contributed by atoms with Crippen LogP contribution in [0.2, 0.25) is 0 Å². The molecule has 1 amide bonds. The van der Waals surface area contributed by atoms with Crippen LogP contribution in [0.3, 0.4) is 0 Å². The minimum Gasteiger partial charge on any atom is -0.396 e. The normalized spacial score (nSPS) is 16.4. The van der Waals surface area contributed by atoms with Gasteiger partial charge in [0.15, 0.2) is 5.69 Å². The van der Waals surface area contributed by atoms with Crippen molar-refractivity contribution in [2.45, 2.75) is 45.1 Å². The Hall–Kier alpha value is -1.36. The molecule has 0 aliphatic heterocycles. The van der Waals surface area contributed by atoms with E-state index in [1.807, 2.05) is 6.92 Å². The van der Waals surface area contributed by atoms with Crippen LogP contribution in [0.1, 0.15) is 48.0 Å². The van der Waals surface area contributed by atoms with E-state index in [-0.39, 0.29) is 18.6 Å². The van der Waals surface area contributed by atoms with Gasteiger partial charge in [-0.3, -0.25) is 4.79 Å². The van der Waals surface area contributed by atoms with E-state index >= 15 is 0 Å². The quantitative estimate of drug-likeness (QED) is 0.822. The molecule has 1 aromatic heterocycles. The average Bonchev–Trinajstić information content (AvgIpc) is 2.72. The van der Waals surface area contributed by atoms with Gasteiger partial charge in [0.05, 0.1) is 0 Å². The van der Waals surface area contributed by atoms with Gasteiger partial charge in [-0.1, -0.05) is 5.16 Å². The van der Waals surface area contributed by atoms with Crippen molar-refractivity contribution in [1.29, 1.82) is 0 Å². The van der Waals surface area contributed by atoms with Crippen molar-refractivity contribution in [1.82, 2.24) is 10.5 Å². The second kappa shape index (κ2) is 5.31. The highest BCUT2D eigenvalue weighted by atomic mass is 16.5. The summed E-state index contributed by atoms with van der Waals surface area (Å²) in [5.41, 5.74) is 1.38. The van der Waals surface area contributed by atoms with Gasteiger partial charge in [0.2, 0.25) is 0 Å². The van der Waals surface area contributed by atoms with Crippen molar-refractivity contribution < 1.29 is 14.4 Å². The topological polar surface area (TPSA) is 75.4 Å². The summed E-state index contributed by atoms with van der Waals surface area (Å²) < 4.78 is 5.19. The fraction of sp³-hybridized carbons (Fsp3) is 0.667. The Morgan fingerprint density at radius 3 is 3.06 bits per heavy atom. The Kier molecular flexibility index (Phi) is 3.78. The number of nitrogens with zero attached hydrogens (tertiary/aromatic N) is 1. The molecule has 5 heteroatoms. The summed E-state index contributed by atoms with van der Waals surface area (Å²) >= 11 is 0. The zero-order valence-electron chi connectivity index (χ0n) is 10.0. The van der Waals surface area contributed by atoms with Gasteiger partial charge in [-0.05, 0) is 32.6 Å². The molecule has 0 saturated heterocycles. The van der Waals surface area contributed by atoms with Crippen LogP contribution in [0.5, 0.6) is 0 Å². The molecule has 5 nitrogen and oxygen atoms in total. The number of carbonyl (C=O) groups is 1. The number of nitrogens with one attached hydrogen (secondary N) is 1. The third kappa shape index (κ3) is 2.66. The first-order valence-corrected chi connectivity index (χ1v) is 6.11. The highest BCUT2D eigenvalue weighted by Gasteiger charge is 2.24.